The lowest BCUT2D eigenvalue weighted by Gasteiger charge is -2.30. The predicted octanol–water partition coefficient (Wildman–Crippen LogP) is 3.99. The summed E-state index contributed by atoms with van der Waals surface area (Å²) in [5, 5.41) is 5.05. The van der Waals surface area contributed by atoms with Gasteiger partial charge in [-0.1, -0.05) is 39.0 Å². The molecular formula is C25H34N4O3S. The number of aromatic nitrogens is 1. The Labute approximate surface area is 200 Å². The summed E-state index contributed by atoms with van der Waals surface area (Å²) >= 11 is 1.30. The SMILES string of the molecule is Cc1ccccc1C(=O)N(CC(=O)Nc1nc(CC(=O)N2CCC(C)CC2)cs1)CC(C)C. The molecule has 1 aromatic heterocycles. The van der Waals surface area contributed by atoms with Gasteiger partial charge in [-0.2, -0.15) is 0 Å². The van der Waals surface area contributed by atoms with Gasteiger partial charge in [-0.15, -0.1) is 11.3 Å². The smallest absolute Gasteiger partial charge is 0.254 e. The van der Waals surface area contributed by atoms with Gasteiger partial charge in [0, 0.05) is 30.6 Å². The van der Waals surface area contributed by atoms with E-state index in [0.29, 0.717) is 28.9 Å². The highest BCUT2D eigenvalue weighted by Gasteiger charge is 2.23. The van der Waals surface area contributed by atoms with Gasteiger partial charge in [0.05, 0.1) is 12.1 Å². The largest absolute Gasteiger partial charge is 0.342 e. The zero-order valence-corrected chi connectivity index (χ0v) is 20.8. The average Bonchev–Trinajstić information content (AvgIpc) is 3.19. The summed E-state index contributed by atoms with van der Waals surface area (Å²) in [4.78, 5) is 46.3. The molecule has 7 nitrogen and oxygen atoms in total. The summed E-state index contributed by atoms with van der Waals surface area (Å²) in [7, 11) is 0. The van der Waals surface area contributed by atoms with Crippen LogP contribution in [0.25, 0.3) is 0 Å². The number of piperidine rings is 1. The van der Waals surface area contributed by atoms with E-state index in [1.165, 1.54) is 11.3 Å². The number of nitrogens with zero attached hydrogens (tertiary/aromatic N) is 3. The molecule has 0 radical (unpaired) electrons. The van der Waals surface area contributed by atoms with E-state index in [1.807, 2.05) is 49.3 Å². The number of hydrogen-bond acceptors (Lipinski definition) is 5. The fourth-order valence-electron chi connectivity index (χ4n) is 3.95. The summed E-state index contributed by atoms with van der Waals surface area (Å²) in [5.41, 5.74) is 2.15. The van der Waals surface area contributed by atoms with Crippen molar-refractivity contribution in [1.29, 1.82) is 0 Å². The van der Waals surface area contributed by atoms with Gasteiger partial charge in [-0.3, -0.25) is 14.4 Å². The van der Waals surface area contributed by atoms with Crippen LogP contribution in [0.2, 0.25) is 0 Å². The molecule has 8 heteroatoms. The third-order valence-corrected chi connectivity index (χ3v) is 6.66. The molecule has 1 aliphatic rings. The lowest BCUT2D eigenvalue weighted by molar-refractivity contribution is -0.131. The molecule has 3 amide bonds. The summed E-state index contributed by atoms with van der Waals surface area (Å²) in [6, 6.07) is 7.40. The van der Waals surface area contributed by atoms with Crippen molar-refractivity contribution in [3.8, 4) is 0 Å². The molecule has 0 unspecified atom stereocenters. The number of nitrogens with one attached hydrogen (secondary N) is 1. The van der Waals surface area contributed by atoms with Gasteiger partial charge in [0.25, 0.3) is 5.91 Å². The number of likely N-dealkylation sites (tertiary alicyclic amines) is 1. The Morgan fingerprint density at radius 1 is 1.21 bits per heavy atom. The van der Waals surface area contributed by atoms with Gasteiger partial charge >= 0.3 is 0 Å². The molecule has 0 saturated carbocycles. The molecule has 1 aliphatic heterocycles. The van der Waals surface area contributed by atoms with Gasteiger partial charge < -0.3 is 15.1 Å². The topological polar surface area (TPSA) is 82.6 Å². The number of carbonyl (C=O) groups is 3. The minimum absolute atomic E-state index is 0.0504. The van der Waals surface area contributed by atoms with Crippen LogP contribution in [-0.4, -0.2) is 58.7 Å². The highest BCUT2D eigenvalue weighted by atomic mass is 32.1. The first-order chi connectivity index (χ1) is 15.7. The number of aryl methyl sites for hydroxylation is 1. The fourth-order valence-corrected chi connectivity index (χ4v) is 4.67. The van der Waals surface area contributed by atoms with Crippen LogP contribution in [0.1, 0.15) is 55.2 Å². The van der Waals surface area contributed by atoms with E-state index < -0.39 is 0 Å². The maximum Gasteiger partial charge on any atom is 0.254 e. The second-order valence-electron chi connectivity index (χ2n) is 9.33. The summed E-state index contributed by atoms with van der Waals surface area (Å²) in [5.74, 6) is 0.522. The van der Waals surface area contributed by atoms with Crippen molar-refractivity contribution in [2.45, 2.75) is 47.0 Å². The summed E-state index contributed by atoms with van der Waals surface area (Å²) in [6.45, 7) is 10.2. The number of rotatable bonds is 8. The fraction of sp³-hybridized carbons (Fsp3) is 0.520. The number of hydrogen-bond donors (Lipinski definition) is 1. The van der Waals surface area contributed by atoms with Crippen LogP contribution >= 0.6 is 11.3 Å². The molecule has 3 rings (SSSR count). The molecular weight excluding hydrogens is 436 g/mol. The summed E-state index contributed by atoms with van der Waals surface area (Å²) in [6.07, 6.45) is 2.32. The first kappa shape index (κ1) is 24.9. The third-order valence-electron chi connectivity index (χ3n) is 5.85. The highest BCUT2D eigenvalue weighted by Crippen LogP contribution is 2.20. The molecule has 1 N–H and O–H groups in total. The maximum atomic E-state index is 13.1. The number of carbonyl (C=O) groups excluding carboxylic acids is 3. The van der Waals surface area contributed by atoms with Crippen LogP contribution < -0.4 is 5.32 Å². The molecule has 1 fully saturated rings. The van der Waals surface area contributed by atoms with Crippen LogP contribution in [0.4, 0.5) is 5.13 Å². The zero-order chi connectivity index (χ0) is 24.0. The molecule has 1 saturated heterocycles. The van der Waals surface area contributed by atoms with Crippen molar-refractivity contribution < 1.29 is 14.4 Å². The van der Waals surface area contributed by atoms with Crippen molar-refractivity contribution in [1.82, 2.24) is 14.8 Å². The molecule has 1 aromatic carbocycles. The van der Waals surface area contributed by atoms with E-state index in [0.717, 1.165) is 31.5 Å². The standard InChI is InChI=1S/C25H34N4O3S/c1-17(2)14-29(24(32)21-8-6-5-7-19(21)4)15-22(30)27-25-26-20(16-33-25)13-23(31)28-11-9-18(3)10-12-28/h5-8,16-18H,9-15H2,1-4H3,(H,26,27,30). The number of anilines is 1. The van der Waals surface area contributed by atoms with Crippen molar-refractivity contribution in [3.05, 3.63) is 46.5 Å². The Kier molecular flexibility index (Phi) is 8.61. The quantitative estimate of drug-likeness (QED) is 0.632. The van der Waals surface area contributed by atoms with E-state index in [1.54, 1.807) is 11.0 Å². The molecule has 178 valence electrons. The van der Waals surface area contributed by atoms with Crippen LogP contribution in [0.3, 0.4) is 0 Å². The lowest BCUT2D eigenvalue weighted by atomic mass is 9.99. The molecule has 0 bridgehead atoms. The van der Waals surface area contributed by atoms with Crippen molar-refractivity contribution >= 4 is 34.2 Å². The Balaban J connectivity index is 1.58. The Morgan fingerprint density at radius 2 is 1.91 bits per heavy atom. The summed E-state index contributed by atoms with van der Waals surface area (Å²) < 4.78 is 0. The molecule has 33 heavy (non-hydrogen) atoms. The van der Waals surface area contributed by atoms with Gasteiger partial charge in [-0.05, 0) is 43.2 Å². The van der Waals surface area contributed by atoms with Crippen molar-refractivity contribution in [2.75, 3.05) is 31.5 Å². The van der Waals surface area contributed by atoms with Gasteiger partial charge in [-0.25, -0.2) is 4.98 Å². The Hall–Kier alpha value is -2.74. The van der Waals surface area contributed by atoms with Crippen molar-refractivity contribution in [3.63, 3.8) is 0 Å². The molecule has 2 heterocycles. The van der Waals surface area contributed by atoms with E-state index in [9.17, 15) is 14.4 Å². The van der Waals surface area contributed by atoms with Gasteiger partial charge in [0.15, 0.2) is 5.13 Å². The second kappa shape index (κ2) is 11.4. The second-order valence-corrected chi connectivity index (χ2v) is 10.2. The normalized spacial score (nSPS) is 14.4. The van der Waals surface area contributed by atoms with Crippen LogP contribution in [0.15, 0.2) is 29.6 Å². The third kappa shape index (κ3) is 7.12. The molecule has 0 spiro atoms. The van der Waals surface area contributed by atoms with E-state index >= 15 is 0 Å². The number of benzene rings is 1. The number of thiazole rings is 1. The molecule has 2 aromatic rings. The average molecular weight is 471 g/mol. The van der Waals surface area contributed by atoms with Gasteiger partial charge in [0.1, 0.15) is 6.54 Å². The van der Waals surface area contributed by atoms with E-state index in [-0.39, 0.29) is 36.6 Å². The van der Waals surface area contributed by atoms with Crippen molar-refractivity contribution in [2.24, 2.45) is 11.8 Å². The maximum absolute atomic E-state index is 13.1. The van der Waals surface area contributed by atoms with Gasteiger partial charge in [0.2, 0.25) is 11.8 Å². The van der Waals surface area contributed by atoms with E-state index in [2.05, 4.69) is 17.2 Å². The Bertz CT molecular complexity index is 980. The van der Waals surface area contributed by atoms with Crippen LogP contribution in [0, 0.1) is 18.8 Å². The highest BCUT2D eigenvalue weighted by molar-refractivity contribution is 7.13. The van der Waals surface area contributed by atoms with E-state index in [4.69, 9.17) is 0 Å². The number of amides is 3. The minimum atomic E-state index is -0.296. The van der Waals surface area contributed by atoms with Crippen LogP contribution in [-0.2, 0) is 16.0 Å². The predicted molar refractivity (Wildman–Crippen MR) is 131 cm³/mol. The Morgan fingerprint density at radius 3 is 2.58 bits per heavy atom. The first-order valence-corrected chi connectivity index (χ1v) is 12.5. The zero-order valence-electron chi connectivity index (χ0n) is 20.0. The first-order valence-electron chi connectivity index (χ1n) is 11.6. The molecule has 0 atom stereocenters. The minimum Gasteiger partial charge on any atom is -0.342 e. The monoisotopic (exact) mass is 470 g/mol. The lowest BCUT2D eigenvalue weighted by Crippen LogP contribution is -2.40. The van der Waals surface area contributed by atoms with Crippen LogP contribution in [0.5, 0.6) is 0 Å². The molecule has 0 aliphatic carbocycles.